The number of aliphatic hydroxyl groups excluding tert-OH is 1. The second kappa shape index (κ2) is 5.94. The largest absolute Gasteiger partial charge is 0.383 e. The Morgan fingerprint density at radius 2 is 1.62 bits per heavy atom. The Morgan fingerprint density at radius 1 is 0.952 bits per heavy atom. The van der Waals surface area contributed by atoms with Gasteiger partial charge in [-0.25, -0.2) is 0 Å². The first-order valence-corrected chi connectivity index (χ1v) is 8.75. The third kappa shape index (κ3) is 2.93. The van der Waals surface area contributed by atoms with Gasteiger partial charge in [0.1, 0.15) is 6.10 Å². The van der Waals surface area contributed by atoms with E-state index in [-0.39, 0.29) is 0 Å². The molecular formula is C19H24OS. The van der Waals surface area contributed by atoms with Crippen LogP contribution in [0.3, 0.4) is 0 Å². The molecule has 0 amide bonds. The quantitative estimate of drug-likeness (QED) is 0.772. The van der Waals surface area contributed by atoms with E-state index in [0.29, 0.717) is 0 Å². The lowest BCUT2D eigenvalue weighted by Crippen LogP contribution is -2.03. The van der Waals surface area contributed by atoms with Crippen LogP contribution in [0.1, 0.15) is 62.9 Å². The summed E-state index contributed by atoms with van der Waals surface area (Å²) in [6.07, 6.45) is 5.84. The predicted octanol–water partition coefficient (Wildman–Crippen LogP) is 5.02. The highest BCUT2D eigenvalue weighted by Gasteiger charge is 2.21. The van der Waals surface area contributed by atoms with E-state index in [1.54, 1.807) is 0 Å². The van der Waals surface area contributed by atoms with Gasteiger partial charge in [0, 0.05) is 9.75 Å². The summed E-state index contributed by atoms with van der Waals surface area (Å²) in [5, 5.41) is 10.9. The fourth-order valence-corrected chi connectivity index (χ4v) is 4.84. The molecule has 21 heavy (non-hydrogen) atoms. The Kier molecular flexibility index (Phi) is 4.19. The van der Waals surface area contributed by atoms with Crippen molar-refractivity contribution < 1.29 is 5.11 Å². The molecule has 0 fully saturated rings. The lowest BCUT2D eigenvalue weighted by atomic mass is 9.94. The number of fused-ring (bicyclic) bond motifs is 1. The second-order valence-corrected chi connectivity index (χ2v) is 7.54. The summed E-state index contributed by atoms with van der Waals surface area (Å²) in [6.45, 7) is 6.33. The average Bonchev–Trinajstić information content (AvgIpc) is 2.69. The standard InChI is InChI=1S/C19H24OS/c1-12-9-13(2)18(14(3)10-12)19(20)17-11-15-7-5-4-6-8-16(15)21-17/h9-11,19-20H,4-8H2,1-3H3. The molecule has 1 aliphatic rings. The Labute approximate surface area is 131 Å². The zero-order valence-corrected chi connectivity index (χ0v) is 14.0. The lowest BCUT2D eigenvalue weighted by Gasteiger charge is -2.16. The number of rotatable bonds is 2. The van der Waals surface area contributed by atoms with Gasteiger partial charge in [0.25, 0.3) is 0 Å². The minimum Gasteiger partial charge on any atom is -0.383 e. The molecule has 3 rings (SSSR count). The monoisotopic (exact) mass is 300 g/mol. The molecule has 2 heteroatoms. The van der Waals surface area contributed by atoms with Crippen LogP contribution in [0.4, 0.5) is 0 Å². The highest BCUT2D eigenvalue weighted by molar-refractivity contribution is 7.12. The van der Waals surface area contributed by atoms with Crippen molar-refractivity contribution in [2.45, 2.75) is 59.0 Å². The molecule has 112 valence electrons. The van der Waals surface area contributed by atoms with Gasteiger partial charge in [-0.05, 0) is 74.8 Å². The smallest absolute Gasteiger partial charge is 0.114 e. The lowest BCUT2D eigenvalue weighted by molar-refractivity contribution is 0.222. The van der Waals surface area contributed by atoms with Crippen LogP contribution in [-0.4, -0.2) is 5.11 Å². The fraction of sp³-hybridized carbons (Fsp3) is 0.474. The molecule has 1 nitrogen and oxygen atoms in total. The summed E-state index contributed by atoms with van der Waals surface area (Å²) in [7, 11) is 0. The molecule has 1 unspecified atom stereocenters. The molecule has 1 aromatic heterocycles. The Hall–Kier alpha value is -1.12. The van der Waals surface area contributed by atoms with E-state index in [0.717, 1.165) is 10.4 Å². The minimum absolute atomic E-state index is 0.470. The SMILES string of the molecule is Cc1cc(C)c(C(O)c2cc3c(s2)CCCCC3)c(C)c1. The van der Waals surface area contributed by atoms with Crippen molar-refractivity contribution >= 4 is 11.3 Å². The van der Waals surface area contributed by atoms with E-state index in [9.17, 15) is 5.11 Å². The summed E-state index contributed by atoms with van der Waals surface area (Å²) in [5.41, 5.74) is 6.24. The van der Waals surface area contributed by atoms with Crippen LogP contribution in [-0.2, 0) is 12.8 Å². The van der Waals surface area contributed by atoms with Crippen LogP contribution in [0.15, 0.2) is 18.2 Å². The summed E-state index contributed by atoms with van der Waals surface area (Å²) in [6, 6.07) is 6.60. The maximum atomic E-state index is 10.9. The van der Waals surface area contributed by atoms with Crippen LogP contribution >= 0.6 is 11.3 Å². The molecule has 0 aliphatic heterocycles. The van der Waals surface area contributed by atoms with Gasteiger partial charge in [0.15, 0.2) is 0 Å². The molecule has 1 atom stereocenters. The van der Waals surface area contributed by atoms with Crippen molar-refractivity contribution in [3.8, 4) is 0 Å². The van der Waals surface area contributed by atoms with Crippen LogP contribution in [0.2, 0.25) is 0 Å². The van der Waals surface area contributed by atoms with Crippen LogP contribution in [0.25, 0.3) is 0 Å². The van der Waals surface area contributed by atoms with Crippen molar-refractivity contribution in [2.24, 2.45) is 0 Å². The predicted molar refractivity (Wildman–Crippen MR) is 90.3 cm³/mol. The summed E-state index contributed by atoms with van der Waals surface area (Å²) in [5.74, 6) is 0. The number of aryl methyl sites for hydroxylation is 5. The zero-order chi connectivity index (χ0) is 15.0. The fourth-order valence-electron chi connectivity index (χ4n) is 3.59. The molecule has 1 N–H and O–H groups in total. The third-order valence-corrected chi connectivity index (χ3v) is 5.84. The van der Waals surface area contributed by atoms with Gasteiger partial charge in [-0.2, -0.15) is 0 Å². The number of benzene rings is 1. The van der Waals surface area contributed by atoms with Crippen molar-refractivity contribution in [3.63, 3.8) is 0 Å². The second-order valence-electron chi connectivity index (χ2n) is 6.37. The van der Waals surface area contributed by atoms with E-state index in [1.807, 2.05) is 11.3 Å². The van der Waals surface area contributed by atoms with E-state index in [1.165, 1.54) is 59.2 Å². The van der Waals surface area contributed by atoms with Gasteiger partial charge < -0.3 is 5.11 Å². The van der Waals surface area contributed by atoms with Crippen LogP contribution < -0.4 is 0 Å². The molecule has 1 aliphatic carbocycles. The molecule has 1 aromatic carbocycles. The Bertz CT molecular complexity index is 607. The van der Waals surface area contributed by atoms with Gasteiger partial charge in [-0.15, -0.1) is 11.3 Å². The van der Waals surface area contributed by atoms with Crippen LogP contribution in [0, 0.1) is 20.8 Å². The average molecular weight is 300 g/mol. The minimum atomic E-state index is -0.470. The molecule has 0 radical (unpaired) electrons. The van der Waals surface area contributed by atoms with E-state index < -0.39 is 6.10 Å². The van der Waals surface area contributed by atoms with E-state index >= 15 is 0 Å². The topological polar surface area (TPSA) is 20.2 Å². The van der Waals surface area contributed by atoms with Crippen molar-refractivity contribution in [1.82, 2.24) is 0 Å². The molecule has 2 aromatic rings. The number of hydrogen-bond donors (Lipinski definition) is 1. The van der Waals surface area contributed by atoms with Gasteiger partial charge in [-0.3, -0.25) is 0 Å². The number of thiophene rings is 1. The first-order chi connectivity index (χ1) is 10.1. The number of hydrogen-bond acceptors (Lipinski definition) is 2. The van der Waals surface area contributed by atoms with E-state index in [4.69, 9.17) is 0 Å². The normalized spacial score (nSPS) is 16.4. The van der Waals surface area contributed by atoms with Crippen molar-refractivity contribution in [2.75, 3.05) is 0 Å². The highest BCUT2D eigenvalue weighted by Crippen LogP contribution is 2.36. The first kappa shape index (κ1) is 14.8. The highest BCUT2D eigenvalue weighted by atomic mass is 32.1. The van der Waals surface area contributed by atoms with Gasteiger partial charge >= 0.3 is 0 Å². The molecule has 0 spiro atoms. The zero-order valence-electron chi connectivity index (χ0n) is 13.2. The third-order valence-electron chi connectivity index (χ3n) is 4.55. The molecule has 0 bridgehead atoms. The van der Waals surface area contributed by atoms with Gasteiger partial charge in [-0.1, -0.05) is 24.1 Å². The molecular weight excluding hydrogens is 276 g/mol. The Balaban J connectivity index is 1.97. The van der Waals surface area contributed by atoms with Gasteiger partial charge in [0.2, 0.25) is 0 Å². The maximum Gasteiger partial charge on any atom is 0.114 e. The summed E-state index contributed by atoms with van der Waals surface area (Å²) >= 11 is 1.82. The molecule has 0 saturated carbocycles. The Morgan fingerprint density at radius 3 is 2.33 bits per heavy atom. The number of aliphatic hydroxyl groups is 1. The summed E-state index contributed by atoms with van der Waals surface area (Å²) < 4.78 is 0. The summed E-state index contributed by atoms with van der Waals surface area (Å²) in [4.78, 5) is 2.63. The maximum absolute atomic E-state index is 10.9. The first-order valence-electron chi connectivity index (χ1n) is 7.93. The molecule has 1 heterocycles. The van der Waals surface area contributed by atoms with Crippen molar-refractivity contribution in [1.29, 1.82) is 0 Å². The van der Waals surface area contributed by atoms with Crippen LogP contribution in [0.5, 0.6) is 0 Å². The molecule has 0 saturated heterocycles. The van der Waals surface area contributed by atoms with E-state index in [2.05, 4.69) is 39.0 Å². The van der Waals surface area contributed by atoms with Gasteiger partial charge in [0.05, 0.1) is 0 Å². The van der Waals surface area contributed by atoms with Crippen molar-refractivity contribution in [3.05, 3.63) is 55.8 Å².